The molecule has 0 bridgehead atoms. The van der Waals surface area contributed by atoms with Crippen molar-refractivity contribution in [1.29, 1.82) is 0 Å². The van der Waals surface area contributed by atoms with Gasteiger partial charge in [0, 0.05) is 13.1 Å². The molecule has 0 spiro atoms. The molecule has 2 atom stereocenters. The van der Waals surface area contributed by atoms with Gasteiger partial charge >= 0.3 is 17.4 Å². The largest absolute Gasteiger partial charge is 0.494 e. The first kappa shape index (κ1) is 16.5. The molecule has 0 saturated heterocycles. The molecule has 0 fully saturated rings. The van der Waals surface area contributed by atoms with Gasteiger partial charge in [-0.05, 0) is 22.0 Å². The fraction of sp³-hybridized carbons (Fsp3) is 1.00. The van der Waals surface area contributed by atoms with Crippen molar-refractivity contribution in [2.75, 3.05) is 26.3 Å². The molecule has 0 aliphatic rings. The van der Waals surface area contributed by atoms with Crippen LogP contribution in [0.25, 0.3) is 0 Å². The molecule has 0 aliphatic carbocycles. The van der Waals surface area contributed by atoms with Gasteiger partial charge in [0.15, 0.2) is 0 Å². The topological polar surface area (TPSA) is 105 Å². The predicted octanol–water partition coefficient (Wildman–Crippen LogP) is 0.582. The highest BCUT2D eigenvalue weighted by atomic mass is 31.1. The van der Waals surface area contributed by atoms with Gasteiger partial charge in [-0.15, -0.1) is 9.05 Å². The zero-order valence-electron chi connectivity index (χ0n) is 8.03. The van der Waals surface area contributed by atoms with Crippen molar-refractivity contribution < 1.29 is 18.2 Å². The second-order valence-electron chi connectivity index (χ2n) is 2.15. The fourth-order valence-corrected chi connectivity index (χ4v) is 0.887. The van der Waals surface area contributed by atoms with Crippen LogP contribution in [0.1, 0.15) is 12.8 Å². The molecule has 0 aromatic heterocycles. The van der Waals surface area contributed by atoms with Gasteiger partial charge in [-0.2, -0.15) is 0 Å². The van der Waals surface area contributed by atoms with Crippen molar-refractivity contribution >= 4 is 17.4 Å². The number of rotatable bonds is 8. The Kier molecular flexibility index (Phi) is 22.1. The first-order valence-corrected chi connectivity index (χ1v) is 5.84. The monoisotopic (exact) mass is 244 g/mol. The second-order valence-corrected chi connectivity index (χ2v) is 3.06. The number of hydrogen-bond donors (Lipinski definition) is 2. The predicted molar refractivity (Wildman–Crippen MR) is 57.2 cm³/mol. The van der Waals surface area contributed by atoms with Crippen LogP contribution in [0.5, 0.6) is 0 Å². The number of hydrogen-bond acceptors (Lipinski definition) is 6. The lowest BCUT2D eigenvalue weighted by Gasteiger charge is -1.87. The van der Waals surface area contributed by atoms with E-state index in [1.807, 2.05) is 0 Å². The molecule has 84 valence electrons. The van der Waals surface area contributed by atoms with Crippen LogP contribution in [0.2, 0.25) is 0 Å². The van der Waals surface area contributed by atoms with Crippen LogP contribution in [0.15, 0.2) is 0 Å². The molecule has 0 aliphatic heterocycles. The van der Waals surface area contributed by atoms with E-state index in [0.717, 1.165) is 12.8 Å². The zero-order chi connectivity index (χ0) is 11.1. The van der Waals surface area contributed by atoms with Crippen LogP contribution in [0.3, 0.4) is 0 Å². The molecule has 8 heteroatoms. The second kappa shape index (κ2) is 18.8. The van der Waals surface area contributed by atoms with E-state index in [0.29, 0.717) is 26.3 Å². The Balaban J connectivity index is 0. The van der Waals surface area contributed by atoms with Crippen LogP contribution in [0.4, 0.5) is 0 Å². The molecular formula is C6H18N2O4P2+2. The van der Waals surface area contributed by atoms with E-state index in [1.165, 1.54) is 0 Å². The summed E-state index contributed by atoms with van der Waals surface area (Å²) in [6, 6.07) is 0. The van der Waals surface area contributed by atoms with Crippen molar-refractivity contribution in [3.63, 3.8) is 0 Å². The lowest BCUT2D eigenvalue weighted by molar-refractivity contribution is 0.290. The molecule has 0 aromatic rings. The Morgan fingerprint density at radius 2 is 1.21 bits per heavy atom. The summed E-state index contributed by atoms with van der Waals surface area (Å²) in [6.45, 7) is 2.15. The Morgan fingerprint density at radius 3 is 1.43 bits per heavy atom. The molecule has 6 nitrogen and oxygen atoms in total. The maximum absolute atomic E-state index is 9.74. The molecule has 4 N–H and O–H groups in total. The van der Waals surface area contributed by atoms with E-state index in [1.54, 1.807) is 0 Å². The third kappa shape index (κ3) is 22.7. The third-order valence-corrected chi connectivity index (χ3v) is 1.67. The van der Waals surface area contributed by atoms with E-state index in [-0.39, 0.29) is 0 Å². The summed E-state index contributed by atoms with van der Waals surface area (Å²) in [6.07, 6.45) is 1.58. The van der Waals surface area contributed by atoms with Crippen molar-refractivity contribution in [2.24, 2.45) is 11.5 Å². The van der Waals surface area contributed by atoms with Gasteiger partial charge in [-0.3, -0.25) is 0 Å². The van der Waals surface area contributed by atoms with Gasteiger partial charge in [-0.25, -0.2) is 0 Å². The van der Waals surface area contributed by atoms with Crippen LogP contribution < -0.4 is 11.5 Å². The molecule has 0 saturated carbocycles. The summed E-state index contributed by atoms with van der Waals surface area (Å²) in [4.78, 5) is 0. The molecular weight excluding hydrogens is 226 g/mol. The van der Waals surface area contributed by atoms with Crippen molar-refractivity contribution in [1.82, 2.24) is 0 Å². The lowest BCUT2D eigenvalue weighted by atomic mass is 10.3. The van der Waals surface area contributed by atoms with Gasteiger partial charge in [0.2, 0.25) is 0 Å². The molecule has 0 heterocycles. The maximum Gasteiger partial charge on any atom is 0.494 e. The van der Waals surface area contributed by atoms with Crippen LogP contribution in [-0.2, 0) is 18.2 Å². The Bertz CT molecular complexity index is 114. The van der Waals surface area contributed by atoms with Crippen molar-refractivity contribution in [2.45, 2.75) is 12.8 Å². The standard InChI is InChI=1S/C4H10O4P2.C2H8N2/c5-9-7-3-1-2-4-8-10-6;3-1-2-4/h9-10H,1-4H2;1-4H2/q+2;. The van der Waals surface area contributed by atoms with Gasteiger partial charge in [0.1, 0.15) is 13.2 Å². The van der Waals surface area contributed by atoms with Gasteiger partial charge in [0.05, 0.1) is 0 Å². The van der Waals surface area contributed by atoms with Crippen LogP contribution in [-0.4, -0.2) is 26.3 Å². The van der Waals surface area contributed by atoms with Crippen LogP contribution >= 0.6 is 17.4 Å². The average molecular weight is 244 g/mol. The highest BCUT2D eigenvalue weighted by Gasteiger charge is 1.95. The minimum Gasteiger partial charge on any atom is -0.329 e. The smallest absolute Gasteiger partial charge is 0.329 e. The molecule has 2 unspecified atom stereocenters. The first-order valence-electron chi connectivity index (χ1n) is 4.21. The molecule has 14 heavy (non-hydrogen) atoms. The molecule has 0 aromatic carbocycles. The third-order valence-electron chi connectivity index (χ3n) is 1.03. The minimum absolute atomic E-state index is 0.479. The summed E-state index contributed by atoms with van der Waals surface area (Å²) in [7, 11) is -1.36. The van der Waals surface area contributed by atoms with E-state index >= 15 is 0 Å². The molecule has 0 amide bonds. The van der Waals surface area contributed by atoms with E-state index in [4.69, 9.17) is 11.5 Å². The summed E-state index contributed by atoms with van der Waals surface area (Å²) < 4.78 is 28.6. The van der Waals surface area contributed by atoms with E-state index in [9.17, 15) is 9.13 Å². The summed E-state index contributed by atoms with van der Waals surface area (Å²) in [5.41, 5.74) is 9.81. The van der Waals surface area contributed by atoms with E-state index < -0.39 is 17.4 Å². The number of nitrogens with two attached hydrogens (primary N) is 2. The van der Waals surface area contributed by atoms with Gasteiger partial charge < -0.3 is 11.5 Å². The molecule has 0 radical (unpaired) electrons. The van der Waals surface area contributed by atoms with Gasteiger partial charge in [0.25, 0.3) is 0 Å². The van der Waals surface area contributed by atoms with Gasteiger partial charge in [-0.1, -0.05) is 0 Å². The summed E-state index contributed by atoms with van der Waals surface area (Å²) >= 11 is 0. The molecule has 0 rings (SSSR count). The first-order chi connectivity index (χ1) is 6.83. The van der Waals surface area contributed by atoms with Crippen molar-refractivity contribution in [3.8, 4) is 0 Å². The average Bonchev–Trinajstić information content (AvgIpc) is 2.24. The highest BCUT2D eigenvalue weighted by molar-refractivity contribution is 7.17. The minimum atomic E-state index is -0.681. The SMILES string of the molecule is NCCN.O=[PH+]OCCCCO[PH+]=O. The Morgan fingerprint density at radius 1 is 0.857 bits per heavy atom. The summed E-state index contributed by atoms with van der Waals surface area (Å²) in [5.74, 6) is 0. The zero-order valence-corrected chi connectivity index (χ0v) is 10.0. The van der Waals surface area contributed by atoms with E-state index in [2.05, 4.69) is 9.05 Å². The lowest BCUT2D eigenvalue weighted by Crippen LogP contribution is -2.11. The summed E-state index contributed by atoms with van der Waals surface area (Å²) in [5, 5.41) is 0. The maximum atomic E-state index is 9.74. The fourth-order valence-electron chi connectivity index (χ4n) is 0.432. The van der Waals surface area contributed by atoms with Crippen LogP contribution in [0, 0.1) is 0 Å². The highest BCUT2D eigenvalue weighted by Crippen LogP contribution is 2.01. The normalized spacial score (nSPS) is 9.86. The van der Waals surface area contributed by atoms with Crippen molar-refractivity contribution in [3.05, 3.63) is 0 Å². The Hall–Kier alpha value is 0.0400. The Labute approximate surface area is 86.9 Å². The quantitative estimate of drug-likeness (QED) is 0.478. The number of unbranched alkanes of at least 4 members (excludes halogenated alkanes) is 1.